The van der Waals surface area contributed by atoms with Gasteiger partial charge in [0.05, 0.1) is 6.61 Å². The van der Waals surface area contributed by atoms with Crippen molar-refractivity contribution in [2.75, 3.05) is 12.3 Å². The van der Waals surface area contributed by atoms with Crippen molar-refractivity contribution in [3.05, 3.63) is 60.3 Å². The van der Waals surface area contributed by atoms with Gasteiger partial charge >= 0.3 is 0 Å². The maximum absolute atomic E-state index is 5.74. The van der Waals surface area contributed by atoms with Crippen LogP contribution in [-0.2, 0) is 6.54 Å². The molecule has 0 aliphatic heterocycles. The normalized spacial score (nSPS) is 10.9. The molecule has 3 aromatic rings. The summed E-state index contributed by atoms with van der Waals surface area (Å²) in [5.74, 6) is 0.837. The highest BCUT2D eigenvalue weighted by Crippen LogP contribution is 2.20. The number of nitrogens with zero attached hydrogens (tertiary/aromatic N) is 1. The second kappa shape index (κ2) is 5.92. The Labute approximate surface area is 125 Å². The van der Waals surface area contributed by atoms with Gasteiger partial charge in [0.2, 0.25) is 0 Å². The molecule has 0 amide bonds. The van der Waals surface area contributed by atoms with Gasteiger partial charge < -0.3 is 15.0 Å². The first-order valence-corrected chi connectivity index (χ1v) is 7.27. The van der Waals surface area contributed by atoms with Crippen molar-refractivity contribution >= 4 is 16.6 Å². The first-order chi connectivity index (χ1) is 10.2. The monoisotopic (exact) mass is 280 g/mol. The van der Waals surface area contributed by atoms with E-state index in [9.17, 15) is 0 Å². The summed E-state index contributed by atoms with van der Waals surface area (Å²) in [4.78, 5) is 0. The minimum atomic E-state index is 0.690. The molecule has 0 atom stereocenters. The minimum absolute atomic E-state index is 0.690. The van der Waals surface area contributed by atoms with Crippen LogP contribution < -0.4 is 10.5 Å². The van der Waals surface area contributed by atoms with Crippen LogP contribution in [0.25, 0.3) is 10.9 Å². The summed E-state index contributed by atoms with van der Waals surface area (Å²) >= 11 is 0. The van der Waals surface area contributed by atoms with Crippen molar-refractivity contribution in [1.82, 2.24) is 4.57 Å². The Morgan fingerprint density at radius 2 is 1.90 bits per heavy atom. The van der Waals surface area contributed by atoms with E-state index in [0.29, 0.717) is 6.61 Å². The van der Waals surface area contributed by atoms with Crippen LogP contribution in [0.5, 0.6) is 5.75 Å². The standard InChI is InChI=1S/C18H20N2O/c1-14-12-15-6-2-3-9-18(15)20(14)10-5-11-21-17-8-4-7-16(19)13-17/h2-4,6-9,12-13H,5,10-11,19H2,1H3. The average molecular weight is 280 g/mol. The number of anilines is 1. The maximum Gasteiger partial charge on any atom is 0.121 e. The van der Waals surface area contributed by atoms with Gasteiger partial charge in [-0.1, -0.05) is 24.3 Å². The molecule has 2 aromatic carbocycles. The number of fused-ring (bicyclic) bond motifs is 1. The highest BCUT2D eigenvalue weighted by molar-refractivity contribution is 5.81. The van der Waals surface area contributed by atoms with Crippen LogP contribution in [0.4, 0.5) is 5.69 Å². The van der Waals surface area contributed by atoms with Crippen molar-refractivity contribution in [1.29, 1.82) is 0 Å². The summed E-state index contributed by atoms with van der Waals surface area (Å²) < 4.78 is 8.09. The molecule has 0 saturated carbocycles. The number of para-hydroxylation sites is 1. The third kappa shape index (κ3) is 3.02. The molecule has 1 heterocycles. The van der Waals surface area contributed by atoms with Gasteiger partial charge in [0, 0.05) is 29.5 Å². The lowest BCUT2D eigenvalue weighted by Gasteiger charge is -2.10. The van der Waals surface area contributed by atoms with E-state index in [-0.39, 0.29) is 0 Å². The van der Waals surface area contributed by atoms with Gasteiger partial charge in [-0.3, -0.25) is 0 Å². The lowest BCUT2D eigenvalue weighted by atomic mass is 10.2. The number of benzene rings is 2. The fourth-order valence-corrected chi connectivity index (χ4v) is 2.66. The molecule has 1 aromatic heterocycles. The van der Waals surface area contributed by atoms with Gasteiger partial charge in [-0.05, 0) is 43.0 Å². The van der Waals surface area contributed by atoms with Crippen molar-refractivity contribution in [3.63, 3.8) is 0 Å². The molecule has 0 aliphatic rings. The Bertz CT molecular complexity index is 746. The number of nitrogens with two attached hydrogens (primary N) is 1. The molecular weight excluding hydrogens is 260 g/mol. The van der Waals surface area contributed by atoms with Crippen molar-refractivity contribution in [2.45, 2.75) is 19.9 Å². The number of rotatable bonds is 5. The van der Waals surface area contributed by atoms with Crippen molar-refractivity contribution in [2.24, 2.45) is 0 Å². The quantitative estimate of drug-likeness (QED) is 0.567. The first kappa shape index (κ1) is 13.6. The molecule has 108 valence electrons. The molecule has 3 rings (SSSR count). The fraction of sp³-hybridized carbons (Fsp3) is 0.222. The van der Waals surface area contributed by atoms with Crippen molar-refractivity contribution < 1.29 is 4.74 Å². The van der Waals surface area contributed by atoms with Gasteiger partial charge in [0.25, 0.3) is 0 Å². The van der Waals surface area contributed by atoms with Gasteiger partial charge in [0.1, 0.15) is 5.75 Å². The number of hydrogen-bond donors (Lipinski definition) is 1. The average Bonchev–Trinajstić information content (AvgIpc) is 2.79. The highest BCUT2D eigenvalue weighted by atomic mass is 16.5. The van der Waals surface area contributed by atoms with Gasteiger partial charge in [-0.15, -0.1) is 0 Å². The predicted octanol–water partition coefficient (Wildman–Crippen LogP) is 4.00. The molecule has 0 radical (unpaired) electrons. The Balaban J connectivity index is 1.61. The summed E-state index contributed by atoms with van der Waals surface area (Å²) in [6.45, 7) is 3.80. The van der Waals surface area contributed by atoms with E-state index in [2.05, 4.69) is 41.8 Å². The van der Waals surface area contributed by atoms with Crippen LogP contribution in [0, 0.1) is 6.92 Å². The van der Waals surface area contributed by atoms with E-state index >= 15 is 0 Å². The summed E-state index contributed by atoms with van der Waals surface area (Å²) in [6.07, 6.45) is 0.967. The third-order valence-corrected chi connectivity index (χ3v) is 3.67. The van der Waals surface area contributed by atoms with E-state index in [1.807, 2.05) is 24.3 Å². The molecule has 0 unspecified atom stereocenters. The predicted molar refractivity (Wildman–Crippen MR) is 87.6 cm³/mol. The second-order valence-corrected chi connectivity index (χ2v) is 5.27. The van der Waals surface area contributed by atoms with E-state index in [1.165, 1.54) is 16.6 Å². The van der Waals surface area contributed by atoms with Crippen LogP contribution in [0.15, 0.2) is 54.6 Å². The molecular formula is C18H20N2O. The molecule has 0 fully saturated rings. The topological polar surface area (TPSA) is 40.2 Å². The van der Waals surface area contributed by atoms with Crippen molar-refractivity contribution in [3.8, 4) is 5.75 Å². The minimum Gasteiger partial charge on any atom is -0.493 e. The lowest BCUT2D eigenvalue weighted by Crippen LogP contribution is -2.05. The Morgan fingerprint density at radius 3 is 2.76 bits per heavy atom. The zero-order valence-electron chi connectivity index (χ0n) is 12.3. The van der Waals surface area contributed by atoms with Gasteiger partial charge in [0.15, 0.2) is 0 Å². The zero-order chi connectivity index (χ0) is 14.7. The number of hydrogen-bond acceptors (Lipinski definition) is 2. The van der Waals surface area contributed by atoms with Crippen LogP contribution >= 0.6 is 0 Å². The zero-order valence-corrected chi connectivity index (χ0v) is 12.3. The molecule has 3 nitrogen and oxygen atoms in total. The molecule has 3 heteroatoms. The smallest absolute Gasteiger partial charge is 0.121 e. The summed E-state index contributed by atoms with van der Waals surface area (Å²) in [6, 6.07) is 18.3. The highest BCUT2D eigenvalue weighted by Gasteiger charge is 2.04. The number of aryl methyl sites for hydroxylation is 2. The van der Waals surface area contributed by atoms with Gasteiger partial charge in [-0.25, -0.2) is 0 Å². The van der Waals surface area contributed by atoms with Crippen LogP contribution in [0.2, 0.25) is 0 Å². The Kier molecular flexibility index (Phi) is 3.82. The summed E-state index contributed by atoms with van der Waals surface area (Å²) in [5.41, 5.74) is 9.06. The van der Waals surface area contributed by atoms with E-state index in [0.717, 1.165) is 24.4 Å². The number of aromatic nitrogens is 1. The largest absolute Gasteiger partial charge is 0.493 e. The number of ether oxygens (including phenoxy) is 1. The number of nitrogen functional groups attached to an aromatic ring is 1. The maximum atomic E-state index is 5.74. The molecule has 0 saturated heterocycles. The van der Waals surface area contributed by atoms with Crippen LogP contribution in [-0.4, -0.2) is 11.2 Å². The molecule has 2 N–H and O–H groups in total. The Morgan fingerprint density at radius 1 is 1.05 bits per heavy atom. The molecule has 0 spiro atoms. The first-order valence-electron chi connectivity index (χ1n) is 7.27. The third-order valence-electron chi connectivity index (χ3n) is 3.67. The second-order valence-electron chi connectivity index (χ2n) is 5.27. The lowest BCUT2D eigenvalue weighted by molar-refractivity contribution is 0.302. The fourth-order valence-electron chi connectivity index (χ4n) is 2.66. The van der Waals surface area contributed by atoms with E-state index in [1.54, 1.807) is 0 Å². The SMILES string of the molecule is Cc1cc2ccccc2n1CCCOc1cccc(N)c1. The van der Waals surface area contributed by atoms with Gasteiger partial charge in [-0.2, -0.15) is 0 Å². The molecule has 21 heavy (non-hydrogen) atoms. The van der Waals surface area contributed by atoms with Crippen LogP contribution in [0.3, 0.4) is 0 Å². The van der Waals surface area contributed by atoms with E-state index in [4.69, 9.17) is 10.5 Å². The molecule has 0 aliphatic carbocycles. The van der Waals surface area contributed by atoms with E-state index < -0.39 is 0 Å². The summed E-state index contributed by atoms with van der Waals surface area (Å²) in [5, 5.41) is 1.30. The molecule has 0 bridgehead atoms. The van der Waals surface area contributed by atoms with Crippen LogP contribution in [0.1, 0.15) is 12.1 Å². The summed E-state index contributed by atoms with van der Waals surface area (Å²) in [7, 11) is 0. The Hall–Kier alpha value is -2.42.